The predicted octanol–water partition coefficient (Wildman–Crippen LogP) is 2.58. The summed E-state index contributed by atoms with van der Waals surface area (Å²) in [6.45, 7) is 5.51. The normalized spacial score (nSPS) is 11.3. The molecule has 0 fully saturated rings. The Morgan fingerprint density at radius 2 is 1.80 bits per heavy atom. The summed E-state index contributed by atoms with van der Waals surface area (Å²) in [6, 6.07) is 11.1. The molecule has 0 saturated heterocycles. The molecule has 2 rings (SSSR count). The van der Waals surface area contributed by atoms with Crippen LogP contribution in [0.4, 0.5) is 0 Å². The number of rotatable bonds is 3. The van der Waals surface area contributed by atoms with Crippen LogP contribution in [0.1, 0.15) is 31.3 Å². The molecular weight excluding hydrogens is 252 g/mol. The number of carbonyl (C=O) groups excluding carboxylic acids is 2. The molecule has 1 amide bonds. The molecule has 20 heavy (non-hydrogen) atoms. The standard InChI is InChI=1S/C16H18N2O2/c1-16(2,3)14(19)10-17-15(20)13-9-8-11-6-4-5-7-12(11)18-13/h4-9H,10H2,1-3H3,(H,17,20). The molecule has 1 aromatic carbocycles. The molecule has 104 valence electrons. The zero-order chi connectivity index (χ0) is 14.8. The van der Waals surface area contributed by atoms with Crippen LogP contribution in [0, 0.1) is 5.41 Å². The second kappa shape index (κ2) is 5.41. The Hall–Kier alpha value is -2.23. The molecule has 1 heterocycles. The highest BCUT2D eigenvalue weighted by Gasteiger charge is 2.21. The van der Waals surface area contributed by atoms with Gasteiger partial charge in [0, 0.05) is 10.8 Å². The number of amides is 1. The van der Waals surface area contributed by atoms with Crippen molar-refractivity contribution in [2.24, 2.45) is 5.41 Å². The molecule has 0 bridgehead atoms. The van der Waals surface area contributed by atoms with E-state index in [1.165, 1.54) is 0 Å². The van der Waals surface area contributed by atoms with Gasteiger partial charge >= 0.3 is 0 Å². The number of hydrogen-bond acceptors (Lipinski definition) is 3. The zero-order valence-corrected chi connectivity index (χ0v) is 11.9. The van der Waals surface area contributed by atoms with Crippen LogP contribution < -0.4 is 5.32 Å². The lowest BCUT2D eigenvalue weighted by Gasteiger charge is -2.16. The van der Waals surface area contributed by atoms with E-state index in [9.17, 15) is 9.59 Å². The molecule has 0 spiro atoms. The van der Waals surface area contributed by atoms with Crippen LogP contribution in [0.2, 0.25) is 0 Å². The molecule has 0 aliphatic heterocycles. The Kier molecular flexibility index (Phi) is 3.84. The first-order valence-electron chi connectivity index (χ1n) is 6.55. The Labute approximate surface area is 118 Å². The van der Waals surface area contributed by atoms with E-state index >= 15 is 0 Å². The summed E-state index contributed by atoms with van der Waals surface area (Å²) in [4.78, 5) is 28.1. The Morgan fingerprint density at radius 1 is 1.10 bits per heavy atom. The van der Waals surface area contributed by atoms with Crippen LogP contribution in [0.5, 0.6) is 0 Å². The molecule has 0 aliphatic carbocycles. The minimum atomic E-state index is -0.454. The maximum atomic E-state index is 12.0. The highest BCUT2D eigenvalue weighted by molar-refractivity contribution is 5.97. The molecule has 0 unspecified atom stereocenters. The molecule has 0 atom stereocenters. The number of nitrogens with zero attached hydrogens (tertiary/aromatic N) is 1. The van der Waals surface area contributed by atoms with E-state index in [4.69, 9.17) is 0 Å². The van der Waals surface area contributed by atoms with Crippen LogP contribution in [0.3, 0.4) is 0 Å². The van der Waals surface area contributed by atoms with Crippen LogP contribution in [0.15, 0.2) is 36.4 Å². The number of hydrogen-bond donors (Lipinski definition) is 1. The number of para-hydroxylation sites is 1. The number of pyridine rings is 1. The topological polar surface area (TPSA) is 59.1 Å². The maximum absolute atomic E-state index is 12.0. The minimum Gasteiger partial charge on any atom is -0.344 e. The Balaban J connectivity index is 2.10. The molecule has 0 saturated carbocycles. The van der Waals surface area contributed by atoms with Crippen molar-refractivity contribution in [3.63, 3.8) is 0 Å². The lowest BCUT2D eigenvalue weighted by molar-refractivity contribution is -0.125. The third kappa shape index (κ3) is 3.20. The molecule has 1 N–H and O–H groups in total. The van der Waals surface area contributed by atoms with Gasteiger partial charge in [-0.15, -0.1) is 0 Å². The first-order chi connectivity index (χ1) is 9.38. The summed E-state index contributed by atoms with van der Waals surface area (Å²) in [5, 5.41) is 3.60. The lowest BCUT2D eigenvalue weighted by Crippen LogP contribution is -2.35. The molecule has 4 nitrogen and oxygen atoms in total. The zero-order valence-electron chi connectivity index (χ0n) is 11.9. The van der Waals surface area contributed by atoms with Crippen molar-refractivity contribution in [3.05, 3.63) is 42.1 Å². The first kappa shape index (κ1) is 14.2. The van der Waals surface area contributed by atoms with Crippen LogP contribution in [-0.4, -0.2) is 23.2 Å². The molecule has 2 aromatic rings. The summed E-state index contributed by atoms with van der Waals surface area (Å²) in [5.74, 6) is -0.333. The van der Waals surface area contributed by atoms with Crippen molar-refractivity contribution in [1.29, 1.82) is 0 Å². The fourth-order valence-corrected chi connectivity index (χ4v) is 1.71. The fraction of sp³-hybridized carbons (Fsp3) is 0.312. The van der Waals surface area contributed by atoms with Gasteiger partial charge in [-0.25, -0.2) is 4.98 Å². The lowest BCUT2D eigenvalue weighted by atomic mass is 9.91. The summed E-state index contributed by atoms with van der Waals surface area (Å²) in [6.07, 6.45) is 0. The molecular formula is C16H18N2O2. The maximum Gasteiger partial charge on any atom is 0.270 e. The van der Waals surface area contributed by atoms with E-state index in [0.717, 1.165) is 10.9 Å². The minimum absolute atomic E-state index is 0.00774. The van der Waals surface area contributed by atoms with Gasteiger partial charge in [0.05, 0.1) is 12.1 Å². The first-order valence-corrected chi connectivity index (χ1v) is 6.55. The van der Waals surface area contributed by atoms with E-state index in [1.807, 2.05) is 51.1 Å². The van der Waals surface area contributed by atoms with Gasteiger partial charge in [-0.3, -0.25) is 9.59 Å². The number of benzene rings is 1. The highest BCUT2D eigenvalue weighted by atomic mass is 16.2. The van der Waals surface area contributed by atoms with E-state index < -0.39 is 5.41 Å². The van der Waals surface area contributed by atoms with E-state index in [2.05, 4.69) is 10.3 Å². The third-order valence-corrected chi connectivity index (χ3v) is 3.08. The van der Waals surface area contributed by atoms with E-state index in [0.29, 0.717) is 5.69 Å². The SMILES string of the molecule is CC(C)(C)C(=O)CNC(=O)c1ccc2ccccc2n1. The quantitative estimate of drug-likeness (QED) is 0.932. The smallest absolute Gasteiger partial charge is 0.270 e. The fourth-order valence-electron chi connectivity index (χ4n) is 1.71. The second-order valence-corrected chi connectivity index (χ2v) is 5.75. The average Bonchev–Trinajstić information content (AvgIpc) is 2.42. The van der Waals surface area contributed by atoms with Crippen LogP contribution >= 0.6 is 0 Å². The van der Waals surface area contributed by atoms with Crippen molar-refractivity contribution in [3.8, 4) is 0 Å². The van der Waals surface area contributed by atoms with Crippen LogP contribution in [-0.2, 0) is 4.79 Å². The van der Waals surface area contributed by atoms with Gasteiger partial charge in [0.25, 0.3) is 5.91 Å². The van der Waals surface area contributed by atoms with E-state index in [-0.39, 0.29) is 18.2 Å². The average molecular weight is 270 g/mol. The van der Waals surface area contributed by atoms with Gasteiger partial charge in [0.2, 0.25) is 0 Å². The van der Waals surface area contributed by atoms with Gasteiger partial charge in [0.1, 0.15) is 5.69 Å². The van der Waals surface area contributed by atoms with Crippen molar-refractivity contribution in [2.45, 2.75) is 20.8 Å². The number of carbonyl (C=O) groups is 2. The number of Topliss-reactive ketones (excluding diaryl/α,β-unsaturated/α-hetero) is 1. The molecule has 0 aliphatic rings. The summed E-state index contributed by atoms with van der Waals surface area (Å²) in [5.41, 5.74) is 0.636. The highest BCUT2D eigenvalue weighted by Crippen LogP contribution is 2.14. The predicted molar refractivity (Wildman–Crippen MR) is 78.5 cm³/mol. The van der Waals surface area contributed by atoms with Gasteiger partial charge in [-0.05, 0) is 12.1 Å². The van der Waals surface area contributed by atoms with E-state index in [1.54, 1.807) is 6.07 Å². The molecule has 0 radical (unpaired) electrons. The molecule has 1 aromatic heterocycles. The second-order valence-electron chi connectivity index (χ2n) is 5.75. The summed E-state index contributed by atoms with van der Waals surface area (Å²) in [7, 11) is 0. The van der Waals surface area contributed by atoms with Crippen molar-refractivity contribution < 1.29 is 9.59 Å². The number of fused-ring (bicyclic) bond motifs is 1. The van der Waals surface area contributed by atoms with Gasteiger partial charge < -0.3 is 5.32 Å². The third-order valence-electron chi connectivity index (χ3n) is 3.08. The van der Waals surface area contributed by atoms with Gasteiger partial charge in [0.15, 0.2) is 5.78 Å². The van der Waals surface area contributed by atoms with Crippen molar-refractivity contribution >= 4 is 22.6 Å². The van der Waals surface area contributed by atoms with Gasteiger partial charge in [-0.2, -0.15) is 0 Å². The number of ketones is 1. The van der Waals surface area contributed by atoms with Gasteiger partial charge in [-0.1, -0.05) is 45.0 Å². The van der Waals surface area contributed by atoms with Crippen molar-refractivity contribution in [1.82, 2.24) is 10.3 Å². The van der Waals surface area contributed by atoms with Crippen LogP contribution in [0.25, 0.3) is 10.9 Å². The van der Waals surface area contributed by atoms with Crippen molar-refractivity contribution in [2.75, 3.05) is 6.54 Å². The molecule has 4 heteroatoms. The summed E-state index contributed by atoms with van der Waals surface area (Å²) >= 11 is 0. The Bertz CT molecular complexity index is 657. The summed E-state index contributed by atoms with van der Waals surface area (Å²) < 4.78 is 0. The number of nitrogens with one attached hydrogen (secondary N) is 1. The Morgan fingerprint density at radius 3 is 2.50 bits per heavy atom. The number of aromatic nitrogens is 1. The largest absolute Gasteiger partial charge is 0.344 e. The monoisotopic (exact) mass is 270 g/mol.